The summed E-state index contributed by atoms with van der Waals surface area (Å²) in [4.78, 5) is 8.10. The largest absolute Gasteiger partial charge is 0.490 e. The number of nitrogens with zero attached hydrogens (tertiary/aromatic N) is 2. The Morgan fingerprint density at radius 3 is 2.11 bits per heavy atom. The molecular formula is C28H31F3N4O2. The van der Waals surface area contributed by atoms with Gasteiger partial charge in [-0.15, -0.1) is 0 Å². The average molecular weight is 513 g/mol. The molecule has 9 heteroatoms. The number of alkyl halides is 3. The van der Waals surface area contributed by atoms with E-state index in [0.717, 1.165) is 50.5 Å². The lowest BCUT2D eigenvalue weighted by molar-refractivity contribution is -0.137. The van der Waals surface area contributed by atoms with Gasteiger partial charge >= 0.3 is 6.18 Å². The molecule has 2 aromatic carbocycles. The first-order chi connectivity index (χ1) is 17.9. The predicted molar refractivity (Wildman–Crippen MR) is 137 cm³/mol. The van der Waals surface area contributed by atoms with Gasteiger partial charge in [-0.25, -0.2) is 4.98 Å². The summed E-state index contributed by atoms with van der Waals surface area (Å²) in [6.45, 7) is 0. The minimum Gasteiger partial charge on any atom is -0.490 e. The van der Waals surface area contributed by atoms with E-state index in [9.17, 15) is 13.2 Å². The highest BCUT2D eigenvalue weighted by Gasteiger charge is 2.35. The second-order valence-corrected chi connectivity index (χ2v) is 9.63. The van der Waals surface area contributed by atoms with Crippen LogP contribution in [0.3, 0.4) is 0 Å². The van der Waals surface area contributed by atoms with E-state index in [0.29, 0.717) is 17.1 Å². The van der Waals surface area contributed by atoms with Crippen LogP contribution in [0.25, 0.3) is 0 Å². The van der Waals surface area contributed by atoms with Gasteiger partial charge in [0.25, 0.3) is 0 Å². The van der Waals surface area contributed by atoms with Crippen LogP contribution in [-0.2, 0) is 6.18 Å². The summed E-state index contributed by atoms with van der Waals surface area (Å²) in [6.07, 6.45) is 6.20. The molecule has 0 saturated heterocycles. The van der Waals surface area contributed by atoms with Gasteiger partial charge in [-0.3, -0.25) is 0 Å². The number of nitrogens with one attached hydrogen (secondary N) is 2. The minimum absolute atomic E-state index is 0.0469. The van der Waals surface area contributed by atoms with Crippen molar-refractivity contribution in [3.8, 4) is 11.5 Å². The topological polar surface area (TPSA) is 68.3 Å². The Morgan fingerprint density at radius 1 is 0.757 bits per heavy atom. The molecule has 2 saturated carbocycles. The zero-order valence-corrected chi connectivity index (χ0v) is 20.6. The number of rotatable bonds is 8. The van der Waals surface area contributed by atoms with Crippen molar-refractivity contribution in [1.29, 1.82) is 0 Å². The molecule has 0 aliphatic heterocycles. The molecule has 0 atom stereocenters. The maximum absolute atomic E-state index is 13.8. The van der Waals surface area contributed by atoms with E-state index < -0.39 is 11.7 Å². The van der Waals surface area contributed by atoms with Crippen LogP contribution in [-0.4, -0.2) is 22.2 Å². The van der Waals surface area contributed by atoms with Crippen molar-refractivity contribution in [3.05, 3.63) is 60.3 Å². The molecule has 196 valence electrons. The first-order valence-corrected chi connectivity index (χ1v) is 12.9. The number of ether oxygens (including phenoxy) is 2. The SMILES string of the molecule is FC(F)(F)c1cnc(Nc2ccc(OC3CCCC3)cc2)nc1Nc1ccccc1OC1CCCCC1. The van der Waals surface area contributed by atoms with Gasteiger partial charge in [0.1, 0.15) is 22.9 Å². The molecular weight excluding hydrogens is 481 g/mol. The van der Waals surface area contributed by atoms with Crippen molar-refractivity contribution in [2.24, 2.45) is 0 Å². The van der Waals surface area contributed by atoms with Crippen LogP contribution in [0.1, 0.15) is 63.4 Å². The van der Waals surface area contributed by atoms with Crippen molar-refractivity contribution in [2.75, 3.05) is 10.6 Å². The number of benzene rings is 2. The van der Waals surface area contributed by atoms with E-state index in [1.54, 1.807) is 36.4 Å². The fraction of sp³-hybridized carbons (Fsp3) is 0.429. The van der Waals surface area contributed by atoms with Crippen molar-refractivity contribution in [2.45, 2.75) is 76.2 Å². The lowest BCUT2D eigenvalue weighted by atomic mass is 9.98. The van der Waals surface area contributed by atoms with Crippen LogP contribution in [0.5, 0.6) is 11.5 Å². The highest BCUT2D eigenvalue weighted by atomic mass is 19.4. The predicted octanol–water partition coefficient (Wildman–Crippen LogP) is 8.02. The smallest absolute Gasteiger partial charge is 0.421 e. The second-order valence-electron chi connectivity index (χ2n) is 9.63. The molecule has 0 unspecified atom stereocenters. The van der Waals surface area contributed by atoms with E-state index in [-0.39, 0.29) is 24.0 Å². The first-order valence-electron chi connectivity index (χ1n) is 12.9. The Kier molecular flexibility index (Phi) is 7.67. The zero-order chi connectivity index (χ0) is 25.7. The summed E-state index contributed by atoms with van der Waals surface area (Å²) in [7, 11) is 0. The maximum Gasteiger partial charge on any atom is 0.421 e. The number of hydrogen-bond donors (Lipinski definition) is 2. The summed E-state index contributed by atoms with van der Waals surface area (Å²) < 4.78 is 53.6. The van der Waals surface area contributed by atoms with Gasteiger partial charge in [0.2, 0.25) is 5.95 Å². The average Bonchev–Trinajstić information content (AvgIpc) is 3.40. The molecule has 2 aliphatic carbocycles. The molecule has 5 rings (SSSR count). The van der Waals surface area contributed by atoms with E-state index in [1.807, 2.05) is 12.1 Å². The lowest BCUT2D eigenvalue weighted by Crippen LogP contribution is -2.20. The fourth-order valence-corrected chi connectivity index (χ4v) is 4.85. The Balaban J connectivity index is 1.34. The Morgan fingerprint density at radius 2 is 1.41 bits per heavy atom. The van der Waals surface area contributed by atoms with Crippen LogP contribution in [0.15, 0.2) is 54.7 Å². The molecule has 37 heavy (non-hydrogen) atoms. The minimum atomic E-state index is -4.63. The van der Waals surface area contributed by atoms with Gasteiger partial charge in [-0.1, -0.05) is 18.6 Å². The summed E-state index contributed by atoms with van der Waals surface area (Å²) in [5.74, 6) is 0.979. The third-order valence-electron chi connectivity index (χ3n) is 6.80. The van der Waals surface area contributed by atoms with Gasteiger partial charge in [-0.05, 0) is 87.8 Å². The fourth-order valence-electron chi connectivity index (χ4n) is 4.85. The van der Waals surface area contributed by atoms with Crippen LogP contribution in [0, 0.1) is 0 Å². The Bertz CT molecular complexity index is 1170. The van der Waals surface area contributed by atoms with Crippen LogP contribution in [0.4, 0.5) is 36.3 Å². The molecule has 3 aromatic rings. The third-order valence-corrected chi connectivity index (χ3v) is 6.80. The molecule has 2 fully saturated rings. The van der Waals surface area contributed by atoms with Gasteiger partial charge in [0.15, 0.2) is 0 Å². The molecule has 0 bridgehead atoms. The highest BCUT2D eigenvalue weighted by Crippen LogP contribution is 2.38. The zero-order valence-electron chi connectivity index (χ0n) is 20.6. The molecule has 2 aliphatic rings. The summed E-state index contributed by atoms with van der Waals surface area (Å²) >= 11 is 0. The van der Waals surface area contributed by atoms with E-state index in [1.165, 1.54) is 19.3 Å². The van der Waals surface area contributed by atoms with Gasteiger partial charge < -0.3 is 20.1 Å². The van der Waals surface area contributed by atoms with Gasteiger partial charge in [-0.2, -0.15) is 18.2 Å². The monoisotopic (exact) mass is 512 g/mol. The van der Waals surface area contributed by atoms with Crippen LogP contribution < -0.4 is 20.1 Å². The molecule has 0 radical (unpaired) electrons. The Hall–Kier alpha value is -3.49. The molecule has 0 amide bonds. The molecule has 0 spiro atoms. The number of anilines is 4. The quantitative estimate of drug-likeness (QED) is 0.319. The number of aromatic nitrogens is 2. The highest BCUT2D eigenvalue weighted by molar-refractivity contribution is 5.67. The standard InChI is InChI=1S/C28H31F3N4O2/c29-28(30,31)23-18-32-27(33-19-14-16-22(17-15-19)36-20-10-4-5-11-20)35-26(23)34-24-12-6-7-13-25(24)37-21-8-2-1-3-9-21/h6-7,12-18,20-21H,1-5,8-11H2,(H2,32,33,34,35). The van der Waals surface area contributed by atoms with Crippen molar-refractivity contribution in [3.63, 3.8) is 0 Å². The number of halogens is 3. The summed E-state index contributed by atoms with van der Waals surface area (Å²) in [5.41, 5.74) is 0.119. The van der Waals surface area contributed by atoms with Gasteiger partial charge in [0, 0.05) is 11.9 Å². The van der Waals surface area contributed by atoms with Crippen molar-refractivity contribution >= 4 is 23.1 Å². The third kappa shape index (κ3) is 6.64. The number of para-hydroxylation sites is 2. The summed E-state index contributed by atoms with van der Waals surface area (Å²) in [6, 6.07) is 14.3. The summed E-state index contributed by atoms with van der Waals surface area (Å²) in [5, 5.41) is 5.85. The molecule has 1 aromatic heterocycles. The van der Waals surface area contributed by atoms with Crippen molar-refractivity contribution in [1.82, 2.24) is 9.97 Å². The maximum atomic E-state index is 13.8. The molecule has 6 nitrogen and oxygen atoms in total. The molecule has 2 N–H and O–H groups in total. The van der Waals surface area contributed by atoms with Crippen LogP contribution >= 0.6 is 0 Å². The van der Waals surface area contributed by atoms with Crippen molar-refractivity contribution < 1.29 is 22.6 Å². The number of hydrogen-bond acceptors (Lipinski definition) is 6. The lowest BCUT2D eigenvalue weighted by Gasteiger charge is -2.24. The van der Waals surface area contributed by atoms with E-state index in [4.69, 9.17) is 9.47 Å². The second kappa shape index (κ2) is 11.3. The first kappa shape index (κ1) is 25.2. The van der Waals surface area contributed by atoms with Gasteiger partial charge in [0.05, 0.1) is 17.9 Å². The van der Waals surface area contributed by atoms with Crippen LogP contribution in [0.2, 0.25) is 0 Å². The Labute approximate surface area is 214 Å². The normalized spacial score (nSPS) is 16.9. The van der Waals surface area contributed by atoms with E-state index >= 15 is 0 Å². The molecule has 1 heterocycles. The van der Waals surface area contributed by atoms with E-state index in [2.05, 4.69) is 20.6 Å².